The Bertz CT molecular complexity index is 1670. The fourth-order valence-corrected chi connectivity index (χ4v) is 5.60. The zero-order valence-corrected chi connectivity index (χ0v) is 22.6. The second-order valence-electron chi connectivity index (χ2n) is 10.5. The Kier molecular flexibility index (Phi) is 6.95. The average molecular weight is 550 g/mol. The number of nitrogens with zero attached hydrogens (tertiary/aromatic N) is 8. The van der Waals surface area contributed by atoms with Crippen molar-refractivity contribution in [2.75, 3.05) is 36.5 Å². The molecule has 1 atom stereocenters. The van der Waals surface area contributed by atoms with Crippen LogP contribution in [0.25, 0.3) is 33.5 Å². The largest absolute Gasteiger partial charge is 0.391 e. The molecule has 11 heteroatoms. The van der Waals surface area contributed by atoms with E-state index in [0.717, 1.165) is 78.9 Å². The molecule has 7 rings (SSSR count). The number of β-amino-alcohol motifs (C(OH)–C–C–N with tert-alkyl or cyclic N) is 1. The van der Waals surface area contributed by atoms with Crippen molar-refractivity contribution in [3.8, 4) is 22.5 Å². The van der Waals surface area contributed by atoms with Gasteiger partial charge in [0.25, 0.3) is 0 Å². The van der Waals surface area contributed by atoms with Crippen molar-refractivity contribution in [2.45, 2.75) is 37.8 Å². The minimum Gasteiger partial charge on any atom is -0.391 e. The van der Waals surface area contributed by atoms with Crippen molar-refractivity contribution in [2.24, 2.45) is 0 Å². The van der Waals surface area contributed by atoms with Gasteiger partial charge in [-0.15, -0.1) is 0 Å². The molecule has 0 radical (unpaired) electrons. The summed E-state index contributed by atoms with van der Waals surface area (Å²) in [4.78, 5) is 25.0. The third-order valence-electron chi connectivity index (χ3n) is 7.74. The molecule has 2 saturated heterocycles. The van der Waals surface area contributed by atoms with Gasteiger partial charge in [-0.3, -0.25) is 14.6 Å². The van der Waals surface area contributed by atoms with E-state index in [1.54, 1.807) is 18.6 Å². The summed E-state index contributed by atoms with van der Waals surface area (Å²) >= 11 is 0. The SMILES string of the molecule is O[C@H]1CCCN(c2cc(Nc3ccnc(-c4ccc5nccnc5c4)n3)ncc2-c2cnn(C3CCOCC3)c2)C1. The Morgan fingerprint density at radius 1 is 0.854 bits per heavy atom. The van der Waals surface area contributed by atoms with Gasteiger partial charge in [0.05, 0.1) is 35.1 Å². The van der Waals surface area contributed by atoms with Crippen LogP contribution in [-0.4, -0.2) is 72.2 Å². The second-order valence-corrected chi connectivity index (χ2v) is 10.5. The smallest absolute Gasteiger partial charge is 0.161 e. The van der Waals surface area contributed by atoms with Gasteiger partial charge in [0.2, 0.25) is 0 Å². The number of hydrogen-bond acceptors (Lipinski definition) is 10. The number of piperidine rings is 1. The lowest BCUT2D eigenvalue weighted by molar-refractivity contribution is 0.0662. The number of aliphatic hydroxyl groups excluding tert-OH is 1. The van der Waals surface area contributed by atoms with Gasteiger partial charge in [0.15, 0.2) is 5.82 Å². The maximum atomic E-state index is 10.5. The van der Waals surface area contributed by atoms with E-state index in [0.29, 0.717) is 30.0 Å². The summed E-state index contributed by atoms with van der Waals surface area (Å²) in [7, 11) is 0. The number of anilines is 3. The van der Waals surface area contributed by atoms with Gasteiger partial charge >= 0.3 is 0 Å². The van der Waals surface area contributed by atoms with E-state index in [1.165, 1.54) is 0 Å². The highest BCUT2D eigenvalue weighted by atomic mass is 16.5. The Balaban J connectivity index is 1.19. The zero-order chi connectivity index (χ0) is 27.6. The van der Waals surface area contributed by atoms with Gasteiger partial charge in [0, 0.05) is 80.0 Å². The Morgan fingerprint density at radius 2 is 1.73 bits per heavy atom. The number of fused-ring (bicyclic) bond motifs is 1. The summed E-state index contributed by atoms with van der Waals surface area (Å²) in [5, 5.41) is 18.5. The topological polar surface area (TPSA) is 127 Å². The highest BCUT2D eigenvalue weighted by Crippen LogP contribution is 2.35. The third kappa shape index (κ3) is 5.46. The molecule has 41 heavy (non-hydrogen) atoms. The second kappa shape index (κ2) is 11.2. The van der Waals surface area contributed by atoms with Crippen molar-refractivity contribution in [1.29, 1.82) is 0 Å². The van der Waals surface area contributed by atoms with Crippen LogP contribution in [0.4, 0.5) is 17.3 Å². The highest BCUT2D eigenvalue weighted by Gasteiger charge is 2.23. The predicted octanol–water partition coefficient (Wildman–Crippen LogP) is 4.40. The molecule has 0 unspecified atom stereocenters. The van der Waals surface area contributed by atoms with E-state index >= 15 is 0 Å². The normalized spacial score (nSPS) is 18.1. The quantitative estimate of drug-likeness (QED) is 0.315. The van der Waals surface area contributed by atoms with Crippen LogP contribution in [0.3, 0.4) is 0 Å². The van der Waals surface area contributed by atoms with Crippen molar-refractivity contribution in [1.82, 2.24) is 34.7 Å². The van der Waals surface area contributed by atoms with E-state index in [2.05, 4.69) is 41.1 Å². The number of aromatic nitrogens is 7. The molecule has 0 aliphatic carbocycles. The van der Waals surface area contributed by atoms with Gasteiger partial charge < -0.3 is 20.1 Å². The summed E-state index contributed by atoms with van der Waals surface area (Å²) in [5.41, 5.74) is 5.48. The van der Waals surface area contributed by atoms with E-state index in [1.807, 2.05) is 42.7 Å². The summed E-state index contributed by atoms with van der Waals surface area (Å²) in [6, 6.07) is 10.0. The lowest BCUT2D eigenvalue weighted by atomic mass is 10.0. The van der Waals surface area contributed by atoms with Gasteiger partial charge in [-0.2, -0.15) is 5.10 Å². The third-order valence-corrected chi connectivity index (χ3v) is 7.74. The number of ether oxygens (including phenoxy) is 1. The first kappa shape index (κ1) is 25.5. The Labute approximate surface area is 237 Å². The lowest BCUT2D eigenvalue weighted by Crippen LogP contribution is -2.38. The van der Waals surface area contributed by atoms with Gasteiger partial charge in [-0.1, -0.05) is 0 Å². The van der Waals surface area contributed by atoms with E-state index in [9.17, 15) is 5.11 Å². The molecule has 0 bridgehead atoms. The van der Waals surface area contributed by atoms with Gasteiger partial charge in [-0.05, 0) is 49.9 Å². The molecule has 5 aromatic rings. The minimum absolute atomic E-state index is 0.341. The maximum Gasteiger partial charge on any atom is 0.161 e. The molecule has 11 nitrogen and oxygen atoms in total. The number of hydrogen-bond donors (Lipinski definition) is 2. The predicted molar refractivity (Wildman–Crippen MR) is 156 cm³/mol. The lowest BCUT2D eigenvalue weighted by Gasteiger charge is -2.33. The number of pyridine rings is 1. The monoisotopic (exact) mass is 549 g/mol. The zero-order valence-electron chi connectivity index (χ0n) is 22.6. The van der Waals surface area contributed by atoms with Crippen LogP contribution in [-0.2, 0) is 4.74 Å². The molecule has 2 fully saturated rings. The van der Waals surface area contributed by atoms with Gasteiger partial charge in [0.1, 0.15) is 11.6 Å². The van der Waals surface area contributed by atoms with E-state index in [-0.39, 0.29) is 6.10 Å². The molecule has 208 valence electrons. The van der Waals surface area contributed by atoms with Crippen molar-refractivity contribution in [3.05, 3.63) is 67.5 Å². The maximum absolute atomic E-state index is 10.5. The van der Waals surface area contributed by atoms with Gasteiger partial charge in [-0.25, -0.2) is 15.0 Å². The molecule has 0 saturated carbocycles. The van der Waals surface area contributed by atoms with Crippen LogP contribution in [0.1, 0.15) is 31.7 Å². The summed E-state index contributed by atoms with van der Waals surface area (Å²) in [5.74, 6) is 1.88. The Hall–Kier alpha value is -4.48. The molecular weight excluding hydrogens is 518 g/mol. The van der Waals surface area contributed by atoms with Crippen molar-refractivity contribution >= 4 is 28.4 Å². The number of benzene rings is 1. The standard InChI is InChI=1S/C30H31N9O2/c40-23-2-1-11-38(19-23)27-15-29(34-17-24(27)21-16-35-39(18-21)22-6-12-41-13-7-22)36-28-5-8-33-30(37-28)20-3-4-25-26(14-20)32-10-9-31-25/h3-5,8-10,14-18,22-23,40H,1-2,6-7,11-13,19H2,(H,33,34,36,37)/t23-/m0/s1. The first-order chi connectivity index (χ1) is 20.2. The molecule has 2 aliphatic heterocycles. The first-order valence-corrected chi connectivity index (χ1v) is 14.1. The molecular formula is C30H31N9O2. The van der Waals surface area contributed by atoms with Crippen LogP contribution in [0.2, 0.25) is 0 Å². The van der Waals surface area contributed by atoms with Crippen LogP contribution < -0.4 is 10.2 Å². The molecule has 0 amide bonds. The number of nitrogens with one attached hydrogen (secondary N) is 1. The Morgan fingerprint density at radius 3 is 2.61 bits per heavy atom. The molecule has 2 aliphatic rings. The van der Waals surface area contributed by atoms with Crippen LogP contribution in [0.5, 0.6) is 0 Å². The highest BCUT2D eigenvalue weighted by molar-refractivity contribution is 5.81. The summed E-state index contributed by atoms with van der Waals surface area (Å²) in [6.45, 7) is 2.97. The van der Waals surface area contributed by atoms with Crippen LogP contribution in [0.15, 0.2) is 67.5 Å². The summed E-state index contributed by atoms with van der Waals surface area (Å²) < 4.78 is 7.59. The molecule has 2 N–H and O–H groups in total. The van der Waals surface area contributed by atoms with Crippen LogP contribution in [0, 0.1) is 0 Å². The van der Waals surface area contributed by atoms with Crippen molar-refractivity contribution < 1.29 is 9.84 Å². The fraction of sp³-hybridized carbons (Fsp3) is 0.333. The molecule has 1 aromatic carbocycles. The van der Waals surface area contributed by atoms with Crippen LogP contribution >= 0.6 is 0 Å². The fourth-order valence-electron chi connectivity index (χ4n) is 5.60. The average Bonchev–Trinajstić information content (AvgIpc) is 3.52. The first-order valence-electron chi connectivity index (χ1n) is 14.1. The molecule has 4 aromatic heterocycles. The minimum atomic E-state index is -0.359. The molecule has 0 spiro atoms. The van der Waals surface area contributed by atoms with E-state index in [4.69, 9.17) is 14.7 Å². The number of rotatable bonds is 6. The van der Waals surface area contributed by atoms with E-state index < -0.39 is 0 Å². The van der Waals surface area contributed by atoms with Crippen molar-refractivity contribution in [3.63, 3.8) is 0 Å². The molecule has 6 heterocycles. The number of aliphatic hydroxyl groups is 1. The summed E-state index contributed by atoms with van der Waals surface area (Å²) in [6.07, 6.45) is 14.3.